The molecule has 0 aliphatic carbocycles. The predicted molar refractivity (Wildman–Crippen MR) is 113 cm³/mol. The van der Waals surface area contributed by atoms with E-state index in [4.69, 9.17) is 11.6 Å². The van der Waals surface area contributed by atoms with Crippen molar-refractivity contribution in [3.05, 3.63) is 52.8 Å². The SMILES string of the molecule is CC(=O)Nc1ccc(Cl)cc1NC(=O)c1ccc(F)c(S(=O)(=O)N2CCCCC2)c1. The minimum Gasteiger partial charge on any atom is -0.325 e. The quantitative estimate of drug-likeness (QED) is 0.718. The molecule has 0 radical (unpaired) electrons. The van der Waals surface area contributed by atoms with Gasteiger partial charge in [0.2, 0.25) is 15.9 Å². The first-order chi connectivity index (χ1) is 14.2. The molecule has 0 spiro atoms. The van der Waals surface area contributed by atoms with Gasteiger partial charge in [0.15, 0.2) is 0 Å². The molecule has 0 unspecified atom stereocenters. The molecule has 1 fully saturated rings. The van der Waals surface area contributed by atoms with Gasteiger partial charge in [0.05, 0.1) is 11.4 Å². The molecule has 1 aliphatic heterocycles. The van der Waals surface area contributed by atoms with Crippen molar-refractivity contribution in [3.63, 3.8) is 0 Å². The smallest absolute Gasteiger partial charge is 0.255 e. The summed E-state index contributed by atoms with van der Waals surface area (Å²) >= 11 is 5.98. The zero-order valence-electron chi connectivity index (χ0n) is 16.2. The number of sulfonamides is 1. The largest absolute Gasteiger partial charge is 0.325 e. The lowest BCUT2D eigenvalue weighted by atomic mass is 10.2. The van der Waals surface area contributed by atoms with Gasteiger partial charge in [-0.15, -0.1) is 0 Å². The van der Waals surface area contributed by atoms with Crippen LogP contribution in [0.3, 0.4) is 0 Å². The van der Waals surface area contributed by atoms with Gasteiger partial charge < -0.3 is 10.6 Å². The fraction of sp³-hybridized carbons (Fsp3) is 0.300. The summed E-state index contributed by atoms with van der Waals surface area (Å²) in [5, 5.41) is 5.48. The summed E-state index contributed by atoms with van der Waals surface area (Å²) in [5.74, 6) is -1.93. The van der Waals surface area contributed by atoms with Gasteiger partial charge in [-0.3, -0.25) is 9.59 Å². The third-order valence-corrected chi connectivity index (χ3v) is 6.82. The van der Waals surface area contributed by atoms with Crippen molar-refractivity contribution in [3.8, 4) is 0 Å². The maximum atomic E-state index is 14.4. The van der Waals surface area contributed by atoms with Gasteiger partial charge in [-0.2, -0.15) is 4.31 Å². The van der Waals surface area contributed by atoms with Crippen LogP contribution in [0.1, 0.15) is 36.5 Å². The summed E-state index contributed by atoms with van der Waals surface area (Å²) in [4.78, 5) is 23.6. The molecule has 3 rings (SSSR count). The summed E-state index contributed by atoms with van der Waals surface area (Å²) in [6.45, 7) is 1.96. The molecule has 30 heavy (non-hydrogen) atoms. The minimum atomic E-state index is -4.05. The maximum absolute atomic E-state index is 14.4. The van der Waals surface area contributed by atoms with E-state index in [1.54, 1.807) is 6.07 Å². The molecule has 1 heterocycles. The van der Waals surface area contributed by atoms with Gasteiger partial charge in [-0.05, 0) is 49.2 Å². The molecule has 2 N–H and O–H groups in total. The molecule has 0 aromatic heterocycles. The minimum absolute atomic E-state index is 0.0410. The van der Waals surface area contributed by atoms with E-state index < -0.39 is 26.6 Å². The Kier molecular flexibility index (Phi) is 6.74. The Morgan fingerprint density at radius 2 is 1.70 bits per heavy atom. The van der Waals surface area contributed by atoms with Crippen molar-refractivity contribution in [2.45, 2.75) is 31.1 Å². The van der Waals surface area contributed by atoms with E-state index in [2.05, 4.69) is 10.6 Å². The molecule has 0 saturated carbocycles. The van der Waals surface area contributed by atoms with Crippen LogP contribution in [0.2, 0.25) is 5.02 Å². The normalized spacial score (nSPS) is 14.9. The van der Waals surface area contributed by atoms with Gasteiger partial charge in [-0.25, -0.2) is 12.8 Å². The standard InChI is InChI=1S/C20H21ClFN3O4S/c1-13(26)23-17-8-6-15(21)12-18(17)24-20(27)14-5-7-16(22)19(11-14)30(28,29)25-9-3-2-4-10-25/h5-8,11-12H,2-4,9-10H2,1H3,(H,23,26)(H,24,27). The molecular formula is C20H21ClFN3O4S. The number of anilines is 2. The Bertz CT molecular complexity index is 1090. The predicted octanol–water partition coefficient (Wildman–Crippen LogP) is 3.86. The second-order valence-corrected chi connectivity index (χ2v) is 9.28. The van der Waals surface area contributed by atoms with Crippen LogP contribution in [0.4, 0.5) is 15.8 Å². The van der Waals surface area contributed by atoms with Gasteiger partial charge in [0.25, 0.3) is 5.91 Å². The fourth-order valence-corrected chi connectivity index (χ4v) is 4.98. The van der Waals surface area contributed by atoms with Crippen LogP contribution < -0.4 is 10.6 Å². The average molecular weight is 454 g/mol. The molecule has 2 amide bonds. The van der Waals surface area contributed by atoms with E-state index in [0.717, 1.165) is 18.6 Å². The van der Waals surface area contributed by atoms with Crippen LogP contribution in [-0.4, -0.2) is 37.6 Å². The van der Waals surface area contributed by atoms with Crippen molar-refractivity contribution >= 4 is 44.8 Å². The van der Waals surface area contributed by atoms with Crippen molar-refractivity contribution in [1.82, 2.24) is 4.31 Å². The number of carbonyl (C=O) groups is 2. The van der Waals surface area contributed by atoms with Crippen molar-refractivity contribution in [2.24, 2.45) is 0 Å². The highest BCUT2D eigenvalue weighted by molar-refractivity contribution is 7.89. The van der Waals surface area contributed by atoms with E-state index in [0.29, 0.717) is 36.6 Å². The number of amides is 2. The summed E-state index contributed by atoms with van der Waals surface area (Å²) in [6.07, 6.45) is 2.34. The van der Waals surface area contributed by atoms with Crippen LogP contribution >= 0.6 is 11.6 Å². The number of hydrogen-bond acceptors (Lipinski definition) is 4. The second kappa shape index (κ2) is 9.11. The number of rotatable bonds is 5. The molecule has 0 atom stereocenters. The van der Waals surface area contributed by atoms with Crippen molar-refractivity contribution < 1.29 is 22.4 Å². The lowest BCUT2D eigenvalue weighted by Gasteiger charge is -2.26. The summed E-state index contributed by atoms with van der Waals surface area (Å²) in [6, 6.07) is 7.69. The molecule has 1 aliphatic rings. The topological polar surface area (TPSA) is 95.6 Å². The summed E-state index contributed by atoms with van der Waals surface area (Å²) in [7, 11) is -4.05. The van der Waals surface area contributed by atoms with Gasteiger partial charge in [0, 0.05) is 30.6 Å². The Labute approximate surface area is 179 Å². The lowest BCUT2D eigenvalue weighted by molar-refractivity contribution is -0.114. The second-order valence-electron chi connectivity index (χ2n) is 6.94. The third kappa shape index (κ3) is 4.97. The number of benzene rings is 2. The van der Waals surface area contributed by atoms with Gasteiger partial charge >= 0.3 is 0 Å². The molecule has 7 nitrogen and oxygen atoms in total. The highest BCUT2D eigenvalue weighted by Gasteiger charge is 2.29. The lowest BCUT2D eigenvalue weighted by Crippen LogP contribution is -2.36. The number of halogens is 2. The van der Waals surface area contributed by atoms with E-state index in [-0.39, 0.29) is 17.2 Å². The van der Waals surface area contributed by atoms with E-state index in [9.17, 15) is 22.4 Å². The average Bonchev–Trinajstić information content (AvgIpc) is 2.70. The molecule has 1 saturated heterocycles. The van der Waals surface area contributed by atoms with Gasteiger partial charge in [0.1, 0.15) is 10.7 Å². The number of nitrogens with one attached hydrogen (secondary N) is 2. The Morgan fingerprint density at radius 1 is 1.00 bits per heavy atom. The highest BCUT2D eigenvalue weighted by Crippen LogP contribution is 2.28. The fourth-order valence-electron chi connectivity index (χ4n) is 3.20. The molecule has 0 bridgehead atoms. The van der Waals surface area contributed by atoms with Crippen LogP contribution in [0, 0.1) is 5.82 Å². The van der Waals surface area contributed by atoms with E-state index >= 15 is 0 Å². The van der Waals surface area contributed by atoms with Crippen molar-refractivity contribution in [2.75, 3.05) is 23.7 Å². The van der Waals surface area contributed by atoms with Crippen molar-refractivity contribution in [1.29, 1.82) is 0 Å². The molecule has 10 heteroatoms. The number of nitrogens with zero attached hydrogens (tertiary/aromatic N) is 1. The molecule has 2 aromatic carbocycles. The van der Waals surface area contributed by atoms with E-state index in [1.807, 2.05) is 0 Å². The first-order valence-electron chi connectivity index (χ1n) is 9.36. The maximum Gasteiger partial charge on any atom is 0.255 e. The van der Waals surface area contributed by atoms with Crippen LogP contribution in [-0.2, 0) is 14.8 Å². The Balaban J connectivity index is 1.90. The zero-order chi connectivity index (χ0) is 21.9. The third-order valence-electron chi connectivity index (χ3n) is 4.67. The Hall–Kier alpha value is -2.49. The summed E-state index contributed by atoms with van der Waals surface area (Å²) < 4.78 is 41.3. The van der Waals surface area contributed by atoms with E-state index in [1.165, 1.54) is 29.4 Å². The molecular weight excluding hydrogens is 433 g/mol. The van der Waals surface area contributed by atoms with Crippen LogP contribution in [0.25, 0.3) is 0 Å². The van der Waals surface area contributed by atoms with Crippen LogP contribution in [0.5, 0.6) is 0 Å². The number of carbonyl (C=O) groups excluding carboxylic acids is 2. The van der Waals surface area contributed by atoms with Crippen LogP contribution in [0.15, 0.2) is 41.3 Å². The number of piperidine rings is 1. The molecule has 160 valence electrons. The van der Waals surface area contributed by atoms with Gasteiger partial charge in [-0.1, -0.05) is 18.0 Å². The first-order valence-corrected chi connectivity index (χ1v) is 11.2. The molecule has 2 aromatic rings. The Morgan fingerprint density at radius 3 is 2.37 bits per heavy atom. The summed E-state index contributed by atoms with van der Waals surface area (Å²) in [5.41, 5.74) is 0.511. The number of hydrogen-bond donors (Lipinski definition) is 2. The monoisotopic (exact) mass is 453 g/mol. The first kappa shape index (κ1) is 22.2. The highest BCUT2D eigenvalue weighted by atomic mass is 35.5. The zero-order valence-corrected chi connectivity index (χ0v) is 17.8.